The number of carbonyl (C=O) groups is 2. The molecule has 1 aromatic heterocycles. The zero-order valence-electron chi connectivity index (χ0n) is 17.6. The van der Waals surface area contributed by atoms with Crippen LogP contribution in [-0.4, -0.2) is 31.7 Å². The highest BCUT2D eigenvalue weighted by atomic mass is 32.1. The van der Waals surface area contributed by atoms with Crippen LogP contribution in [0.4, 0.5) is 5.00 Å². The molecule has 0 bridgehead atoms. The van der Waals surface area contributed by atoms with Crippen LogP contribution >= 0.6 is 11.3 Å². The molecule has 0 fully saturated rings. The first-order valence-electron chi connectivity index (χ1n) is 9.35. The van der Waals surface area contributed by atoms with Gasteiger partial charge in [0, 0.05) is 6.08 Å². The summed E-state index contributed by atoms with van der Waals surface area (Å²) in [5.74, 6) is 0.243. The van der Waals surface area contributed by atoms with Gasteiger partial charge in [0.25, 0.3) is 0 Å². The van der Waals surface area contributed by atoms with E-state index in [0.29, 0.717) is 26.9 Å². The standard InChI is InChI=1S/C22H24N2O5S/c1-6-28-22(26)20-14(4)16(12-23)21(30-20)24-19(25)10-8-15-7-9-17(29-13(2)3)18(11-15)27-5/h7-11,13H,6H2,1-5H3,(H,24,25)/b10-8+. The highest BCUT2D eigenvalue weighted by Crippen LogP contribution is 2.33. The number of benzene rings is 1. The van der Waals surface area contributed by atoms with Gasteiger partial charge in [-0.1, -0.05) is 6.07 Å². The second-order valence-electron chi connectivity index (χ2n) is 6.49. The van der Waals surface area contributed by atoms with Gasteiger partial charge in [0.1, 0.15) is 15.9 Å². The number of nitriles is 1. The van der Waals surface area contributed by atoms with Gasteiger partial charge in [0.2, 0.25) is 5.91 Å². The Labute approximate surface area is 179 Å². The molecule has 0 radical (unpaired) electrons. The molecule has 0 unspecified atom stereocenters. The largest absolute Gasteiger partial charge is 0.493 e. The average molecular weight is 429 g/mol. The molecule has 0 saturated carbocycles. The summed E-state index contributed by atoms with van der Waals surface area (Å²) >= 11 is 1.02. The summed E-state index contributed by atoms with van der Waals surface area (Å²) in [5, 5.41) is 12.4. The third-order valence-electron chi connectivity index (χ3n) is 3.93. The number of ether oxygens (including phenoxy) is 3. The molecule has 7 nitrogen and oxygen atoms in total. The van der Waals surface area contributed by atoms with Gasteiger partial charge in [-0.2, -0.15) is 5.26 Å². The molecule has 0 aliphatic carbocycles. The van der Waals surface area contributed by atoms with E-state index in [1.165, 1.54) is 6.08 Å². The fourth-order valence-corrected chi connectivity index (χ4v) is 3.65. The van der Waals surface area contributed by atoms with Gasteiger partial charge in [0.05, 0.1) is 25.4 Å². The van der Waals surface area contributed by atoms with Crippen LogP contribution in [0.15, 0.2) is 24.3 Å². The predicted molar refractivity (Wildman–Crippen MR) is 116 cm³/mol. The van der Waals surface area contributed by atoms with Gasteiger partial charge in [0.15, 0.2) is 11.5 Å². The lowest BCUT2D eigenvalue weighted by Gasteiger charge is -2.13. The van der Waals surface area contributed by atoms with Crippen molar-refractivity contribution in [3.05, 3.63) is 45.8 Å². The highest BCUT2D eigenvalue weighted by Gasteiger charge is 2.21. The number of anilines is 1. The molecule has 0 spiro atoms. The van der Waals surface area contributed by atoms with Gasteiger partial charge in [-0.3, -0.25) is 4.79 Å². The topological polar surface area (TPSA) is 97.7 Å². The van der Waals surface area contributed by atoms with Gasteiger partial charge in [-0.05, 0) is 57.0 Å². The van der Waals surface area contributed by atoms with E-state index < -0.39 is 11.9 Å². The summed E-state index contributed by atoms with van der Waals surface area (Å²) < 4.78 is 16.0. The maximum atomic E-state index is 12.4. The molecule has 1 heterocycles. The quantitative estimate of drug-likeness (QED) is 0.489. The minimum Gasteiger partial charge on any atom is -0.493 e. The van der Waals surface area contributed by atoms with E-state index in [1.54, 1.807) is 45.2 Å². The van der Waals surface area contributed by atoms with E-state index in [4.69, 9.17) is 14.2 Å². The Morgan fingerprint density at radius 3 is 2.63 bits per heavy atom. The Balaban J connectivity index is 2.18. The zero-order valence-corrected chi connectivity index (χ0v) is 18.4. The molecule has 2 rings (SSSR count). The Kier molecular flexibility index (Phi) is 8.01. The van der Waals surface area contributed by atoms with E-state index in [1.807, 2.05) is 19.9 Å². The van der Waals surface area contributed by atoms with Crippen molar-refractivity contribution in [2.45, 2.75) is 33.8 Å². The monoisotopic (exact) mass is 428 g/mol. The van der Waals surface area contributed by atoms with Crippen LogP contribution in [0.5, 0.6) is 11.5 Å². The SMILES string of the molecule is CCOC(=O)c1sc(NC(=O)/C=C/c2ccc(OC(C)C)c(OC)c2)c(C#N)c1C. The van der Waals surface area contributed by atoms with E-state index in [0.717, 1.165) is 16.9 Å². The molecule has 0 aliphatic rings. The van der Waals surface area contributed by atoms with Crippen LogP contribution in [-0.2, 0) is 9.53 Å². The molecule has 1 amide bonds. The first-order chi connectivity index (χ1) is 14.3. The number of carbonyl (C=O) groups excluding carboxylic acids is 2. The summed E-state index contributed by atoms with van der Waals surface area (Å²) in [5.41, 5.74) is 1.49. The summed E-state index contributed by atoms with van der Waals surface area (Å²) in [7, 11) is 1.55. The number of thiophene rings is 1. The van der Waals surface area contributed by atoms with Gasteiger partial charge in [-0.25, -0.2) is 4.79 Å². The number of nitrogens with one attached hydrogen (secondary N) is 1. The van der Waals surface area contributed by atoms with Crippen molar-refractivity contribution in [3.63, 3.8) is 0 Å². The predicted octanol–water partition coefficient (Wildman–Crippen LogP) is 4.55. The molecule has 1 N–H and O–H groups in total. The van der Waals surface area contributed by atoms with Crippen LogP contribution in [0.1, 0.15) is 47.1 Å². The fourth-order valence-electron chi connectivity index (χ4n) is 2.59. The number of esters is 1. The second kappa shape index (κ2) is 10.5. The van der Waals surface area contributed by atoms with Crippen LogP contribution < -0.4 is 14.8 Å². The van der Waals surface area contributed by atoms with Crippen molar-refractivity contribution in [1.29, 1.82) is 5.26 Å². The Hall–Kier alpha value is -3.31. The number of amides is 1. The highest BCUT2D eigenvalue weighted by molar-refractivity contribution is 7.18. The van der Waals surface area contributed by atoms with Crippen molar-refractivity contribution in [3.8, 4) is 17.6 Å². The fraction of sp³-hybridized carbons (Fsp3) is 0.318. The van der Waals surface area contributed by atoms with Crippen molar-refractivity contribution < 1.29 is 23.8 Å². The molecule has 0 atom stereocenters. The molecule has 30 heavy (non-hydrogen) atoms. The van der Waals surface area contributed by atoms with Crippen molar-refractivity contribution >= 4 is 34.3 Å². The Morgan fingerprint density at radius 1 is 1.30 bits per heavy atom. The van der Waals surface area contributed by atoms with Crippen molar-refractivity contribution in [2.24, 2.45) is 0 Å². The van der Waals surface area contributed by atoms with E-state index in [9.17, 15) is 14.9 Å². The third-order valence-corrected chi connectivity index (χ3v) is 5.12. The number of hydrogen-bond acceptors (Lipinski definition) is 7. The number of hydrogen-bond donors (Lipinski definition) is 1. The molecular weight excluding hydrogens is 404 g/mol. The molecule has 1 aromatic carbocycles. The molecule has 0 saturated heterocycles. The lowest BCUT2D eigenvalue weighted by Crippen LogP contribution is -2.07. The van der Waals surface area contributed by atoms with E-state index >= 15 is 0 Å². The molecular formula is C22H24N2O5S. The number of nitrogens with zero attached hydrogens (tertiary/aromatic N) is 1. The lowest BCUT2D eigenvalue weighted by molar-refractivity contribution is -0.111. The van der Waals surface area contributed by atoms with Crippen molar-refractivity contribution in [1.82, 2.24) is 0 Å². The minimum absolute atomic E-state index is 0.00847. The van der Waals surface area contributed by atoms with E-state index in [2.05, 4.69) is 5.32 Å². The minimum atomic E-state index is -0.511. The lowest BCUT2D eigenvalue weighted by atomic mass is 10.1. The Morgan fingerprint density at radius 2 is 2.03 bits per heavy atom. The summed E-state index contributed by atoms with van der Waals surface area (Å²) in [4.78, 5) is 24.7. The van der Waals surface area contributed by atoms with Gasteiger partial charge >= 0.3 is 5.97 Å². The summed E-state index contributed by atoms with van der Waals surface area (Å²) in [6, 6.07) is 7.37. The van der Waals surface area contributed by atoms with Gasteiger partial charge < -0.3 is 19.5 Å². The smallest absolute Gasteiger partial charge is 0.348 e. The molecule has 8 heteroatoms. The summed E-state index contributed by atoms with van der Waals surface area (Å²) in [6.07, 6.45) is 2.97. The Bertz CT molecular complexity index is 1000. The first kappa shape index (κ1) is 23.0. The average Bonchev–Trinajstić information content (AvgIpc) is 3.02. The first-order valence-corrected chi connectivity index (χ1v) is 10.2. The normalized spacial score (nSPS) is 10.7. The maximum Gasteiger partial charge on any atom is 0.348 e. The molecule has 0 aliphatic heterocycles. The van der Waals surface area contributed by atoms with Crippen LogP contribution in [0.25, 0.3) is 6.08 Å². The number of rotatable bonds is 8. The molecule has 2 aromatic rings. The van der Waals surface area contributed by atoms with Crippen LogP contribution in [0, 0.1) is 18.3 Å². The zero-order chi connectivity index (χ0) is 22.3. The molecule has 158 valence electrons. The third kappa shape index (κ3) is 5.61. The van der Waals surface area contributed by atoms with Crippen LogP contribution in [0.3, 0.4) is 0 Å². The number of methoxy groups -OCH3 is 1. The maximum absolute atomic E-state index is 12.4. The second-order valence-corrected chi connectivity index (χ2v) is 7.51. The van der Waals surface area contributed by atoms with Gasteiger partial charge in [-0.15, -0.1) is 11.3 Å². The van der Waals surface area contributed by atoms with E-state index in [-0.39, 0.29) is 18.3 Å². The van der Waals surface area contributed by atoms with Crippen molar-refractivity contribution in [2.75, 3.05) is 19.0 Å². The summed E-state index contributed by atoms with van der Waals surface area (Å²) in [6.45, 7) is 7.43. The van der Waals surface area contributed by atoms with Crippen LogP contribution in [0.2, 0.25) is 0 Å².